The van der Waals surface area contributed by atoms with Gasteiger partial charge in [-0.25, -0.2) is 4.68 Å². The maximum absolute atomic E-state index is 12.4. The average molecular weight is 366 g/mol. The van der Waals surface area contributed by atoms with E-state index >= 15 is 0 Å². The van der Waals surface area contributed by atoms with Crippen molar-refractivity contribution in [3.63, 3.8) is 0 Å². The first-order chi connectivity index (χ1) is 13.0. The van der Waals surface area contributed by atoms with Crippen LogP contribution in [0.2, 0.25) is 0 Å². The Hall–Kier alpha value is -2.50. The quantitative estimate of drug-likeness (QED) is 0.775. The smallest absolute Gasteiger partial charge is 0.299 e. The van der Waals surface area contributed by atoms with Crippen LogP contribution in [0.5, 0.6) is 0 Å². The molecule has 1 aromatic carbocycles. The lowest BCUT2D eigenvalue weighted by atomic mass is 9.74. The summed E-state index contributed by atoms with van der Waals surface area (Å²) in [6.07, 6.45) is 5.54. The van der Waals surface area contributed by atoms with Crippen molar-refractivity contribution in [2.24, 2.45) is 17.8 Å². The molecular weight excluding hydrogens is 340 g/mol. The number of nitrogens with zero attached hydrogens (tertiary/aromatic N) is 4. The minimum Gasteiger partial charge on any atom is -0.299 e. The second kappa shape index (κ2) is 6.91. The fraction of sp³-hybridized carbons (Fsp3) is 0.524. The van der Waals surface area contributed by atoms with Crippen LogP contribution in [0.1, 0.15) is 62.1 Å². The average Bonchev–Trinajstić information content (AvgIpc) is 3.21. The van der Waals surface area contributed by atoms with E-state index in [-0.39, 0.29) is 6.54 Å². The normalized spacial score (nSPS) is 25.3. The lowest BCUT2D eigenvalue weighted by Gasteiger charge is -2.37. The van der Waals surface area contributed by atoms with Crippen LogP contribution in [0.25, 0.3) is 0 Å². The summed E-state index contributed by atoms with van der Waals surface area (Å²) in [7, 11) is 0. The number of Topliss-reactive ketones (excluding diaryl/α,β-unsaturated/α-hetero) is 1. The van der Waals surface area contributed by atoms with Crippen molar-refractivity contribution in [1.29, 1.82) is 0 Å². The van der Waals surface area contributed by atoms with Gasteiger partial charge in [-0.3, -0.25) is 14.5 Å². The van der Waals surface area contributed by atoms with Gasteiger partial charge in [-0.2, -0.15) is 0 Å². The molecule has 0 spiro atoms. The van der Waals surface area contributed by atoms with Gasteiger partial charge in [0.1, 0.15) is 5.69 Å². The van der Waals surface area contributed by atoms with Gasteiger partial charge in [-0.1, -0.05) is 44.5 Å². The number of benzene rings is 1. The van der Waals surface area contributed by atoms with Gasteiger partial charge in [-0.05, 0) is 42.7 Å². The summed E-state index contributed by atoms with van der Waals surface area (Å²) in [4.78, 5) is 26.1. The van der Waals surface area contributed by atoms with Gasteiger partial charge in [0.05, 0.1) is 30.0 Å². The number of carbonyl (C=O) groups is 2. The third-order valence-electron chi connectivity index (χ3n) is 6.08. The zero-order valence-corrected chi connectivity index (χ0v) is 16.1. The summed E-state index contributed by atoms with van der Waals surface area (Å²) in [5.41, 5.74) is 1.85. The molecule has 3 atom stereocenters. The lowest BCUT2D eigenvalue weighted by Crippen LogP contribution is -2.30. The van der Waals surface area contributed by atoms with Crippen LogP contribution >= 0.6 is 0 Å². The number of amides is 1. The number of hydrogen-bond acceptors (Lipinski definition) is 4. The third kappa shape index (κ3) is 3.17. The Morgan fingerprint density at radius 1 is 1.19 bits per heavy atom. The summed E-state index contributed by atoms with van der Waals surface area (Å²) < 4.78 is 1.99. The molecule has 0 saturated heterocycles. The molecule has 1 unspecified atom stereocenters. The Kier molecular flexibility index (Phi) is 4.58. The van der Waals surface area contributed by atoms with E-state index < -0.39 is 11.7 Å². The van der Waals surface area contributed by atoms with Gasteiger partial charge in [-0.15, -0.1) is 5.10 Å². The number of para-hydroxylation sites is 1. The summed E-state index contributed by atoms with van der Waals surface area (Å²) in [5, 5.41) is 8.71. The van der Waals surface area contributed by atoms with Gasteiger partial charge in [0, 0.05) is 0 Å². The standard InChI is InChI=1S/C21H26N4O2/c1-13(2)16-9-8-14(3)10-19(16)25-12-15(22-23-25)11-24-18-7-5-4-6-17(18)20(26)21(24)27/h4-7,12-14,16,19H,8-11H2,1-3H3/t14-,16+,19?/m0/s1. The zero-order valence-electron chi connectivity index (χ0n) is 16.1. The number of aromatic nitrogens is 3. The number of fused-ring (bicyclic) bond motifs is 1. The van der Waals surface area contributed by atoms with E-state index in [2.05, 4.69) is 31.1 Å². The summed E-state index contributed by atoms with van der Waals surface area (Å²) in [6, 6.07) is 7.47. The number of rotatable bonds is 4. The molecule has 1 aromatic heterocycles. The largest absolute Gasteiger partial charge is 0.299 e. The van der Waals surface area contributed by atoms with Gasteiger partial charge >= 0.3 is 0 Å². The highest BCUT2D eigenvalue weighted by molar-refractivity contribution is 6.52. The predicted molar refractivity (Wildman–Crippen MR) is 102 cm³/mol. The van der Waals surface area contributed by atoms with Crippen LogP contribution in [-0.4, -0.2) is 26.7 Å². The maximum Gasteiger partial charge on any atom is 0.299 e. The summed E-state index contributed by atoms with van der Waals surface area (Å²) in [6.45, 7) is 7.12. The van der Waals surface area contributed by atoms with E-state index in [0.29, 0.717) is 40.7 Å². The Balaban J connectivity index is 1.57. The number of carbonyl (C=O) groups excluding carboxylic acids is 2. The van der Waals surface area contributed by atoms with Crippen LogP contribution < -0.4 is 4.90 Å². The SMILES string of the molecule is CC(C)[C@H]1CC[C@H](C)CC1n1cc(CN2C(=O)C(=O)c3ccccc32)nn1. The van der Waals surface area contributed by atoms with Crippen molar-refractivity contribution in [2.45, 2.75) is 52.6 Å². The first-order valence-electron chi connectivity index (χ1n) is 9.81. The van der Waals surface area contributed by atoms with Crippen molar-refractivity contribution < 1.29 is 9.59 Å². The molecule has 2 aromatic rings. The fourth-order valence-corrected chi connectivity index (χ4v) is 4.57. The monoisotopic (exact) mass is 366 g/mol. The molecule has 0 radical (unpaired) electrons. The highest BCUT2D eigenvalue weighted by Gasteiger charge is 2.36. The lowest BCUT2D eigenvalue weighted by molar-refractivity contribution is -0.114. The number of ketones is 1. The highest BCUT2D eigenvalue weighted by Crippen LogP contribution is 2.40. The van der Waals surface area contributed by atoms with Gasteiger partial charge in [0.2, 0.25) is 0 Å². The Bertz CT molecular complexity index is 873. The van der Waals surface area contributed by atoms with Crippen molar-refractivity contribution in [3.05, 3.63) is 41.7 Å². The first kappa shape index (κ1) is 17.9. The topological polar surface area (TPSA) is 68.1 Å². The maximum atomic E-state index is 12.4. The molecule has 1 aliphatic heterocycles. The van der Waals surface area contributed by atoms with E-state index in [1.807, 2.05) is 16.9 Å². The van der Waals surface area contributed by atoms with Crippen LogP contribution in [-0.2, 0) is 11.3 Å². The Morgan fingerprint density at radius 3 is 2.74 bits per heavy atom. The van der Waals surface area contributed by atoms with Crippen molar-refractivity contribution >= 4 is 17.4 Å². The van der Waals surface area contributed by atoms with E-state index in [4.69, 9.17) is 0 Å². The fourth-order valence-electron chi connectivity index (χ4n) is 4.57. The van der Waals surface area contributed by atoms with Gasteiger partial charge in [0.15, 0.2) is 0 Å². The van der Waals surface area contributed by atoms with Crippen molar-refractivity contribution in [3.8, 4) is 0 Å². The molecule has 2 heterocycles. The number of anilines is 1. The van der Waals surface area contributed by atoms with Gasteiger partial charge < -0.3 is 0 Å². The summed E-state index contributed by atoms with van der Waals surface area (Å²) in [5.74, 6) is 0.935. The van der Waals surface area contributed by atoms with Crippen molar-refractivity contribution in [2.75, 3.05) is 4.90 Å². The first-order valence-corrected chi connectivity index (χ1v) is 9.81. The molecule has 142 valence electrons. The Labute approximate surface area is 159 Å². The number of hydrogen-bond donors (Lipinski definition) is 0. The molecule has 6 heteroatoms. The molecular formula is C21H26N4O2. The predicted octanol–water partition coefficient (Wildman–Crippen LogP) is 3.64. The second-order valence-electron chi connectivity index (χ2n) is 8.32. The highest BCUT2D eigenvalue weighted by atomic mass is 16.2. The van der Waals surface area contributed by atoms with Crippen LogP contribution in [0.4, 0.5) is 5.69 Å². The van der Waals surface area contributed by atoms with E-state index in [1.54, 1.807) is 18.2 Å². The van der Waals surface area contributed by atoms with Crippen LogP contribution in [0.3, 0.4) is 0 Å². The third-order valence-corrected chi connectivity index (χ3v) is 6.08. The summed E-state index contributed by atoms with van der Waals surface area (Å²) >= 11 is 0. The molecule has 1 saturated carbocycles. The second-order valence-corrected chi connectivity index (χ2v) is 8.32. The molecule has 0 bridgehead atoms. The molecule has 27 heavy (non-hydrogen) atoms. The molecule has 6 nitrogen and oxygen atoms in total. The van der Waals surface area contributed by atoms with E-state index in [9.17, 15) is 9.59 Å². The van der Waals surface area contributed by atoms with Gasteiger partial charge in [0.25, 0.3) is 11.7 Å². The van der Waals surface area contributed by atoms with Crippen LogP contribution in [0, 0.1) is 17.8 Å². The van der Waals surface area contributed by atoms with Crippen molar-refractivity contribution in [1.82, 2.24) is 15.0 Å². The van der Waals surface area contributed by atoms with E-state index in [0.717, 1.165) is 6.42 Å². The molecule has 1 amide bonds. The van der Waals surface area contributed by atoms with Crippen LogP contribution in [0.15, 0.2) is 30.5 Å². The molecule has 1 aliphatic carbocycles. The minimum absolute atomic E-state index is 0.274. The molecule has 2 aliphatic rings. The molecule has 1 fully saturated rings. The molecule has 4 rings (SSSR count). The molecule has 0 N–H and O–H groups in total. The zero-order chi connectivity index (χ0) is 19.1. The Morgan fingerprint density at radius 2 is 1.96 bits per heavy atom. The minimum atomic E-state index is -0.489. The van der Waals surface area contributed by atoms with E-state index in [1.165, 1.54) is 17.7 Å².